The van der Waals surface area contributed by atoms with Crippen LogP contribution in [0.3, 0.4) is 0 Å². The molecule has 1 saturated heterocycles. The molecule has 0 aliphatic carbocycles. The maximum absolute atomic E-state index is 5.71. The van der Waals surface area contributed by atoms with E-state index in [1.807, 2.05) is 25.4 Å². The van der Waals surface area contributed by atoms with Crippen LogP contribution in [0.2, 0.25) is 0 Å². The second-order valence-corrected chi connectivity index (χ2v) is 6.83. The van der Waals surface area contributed by atoms with Crippen molar-refractivity contribution >= 4 is 23.0 Å². The van der Waals surface area contributed by atoms with Gasteiger partial charge in [-0.2, -0.15) is 0 Å². The summed E-state index contributed by atoms with van der Waals surface area (Å²) in [5.41, 5.74) is 4.53. The molecule has 4 nitrogen and oxygen atoms in total. The molecule has 2 aromatic heterocycles. The summed E-state index contributed by atoms with van der Waals surface area (Å²) in [6, 6.07) is 16.7. The molecule has 0 amide bonds. The fourth-order valence-corrected chi connectivity index (χ4v) is 3.80. The lowest BCUT2D eigenvalue weighted by Crippen LogP contribution is -2.29. The number of hydrogen-bond donors (Lipinski definition) is 1. The Morgan fingerprint density at radius 2 is 2.00 bits per heavy atom. The van der Waals surface area contributed by atoms with E-state index in [2.05, 4.69) is 75.5 Å². The summed E-state index contributed by atoms with van der Waals surface area (Å²) < 4.78 is 2.07. The van der Waals surface area contributed by atoms with Crippen LogP contribution in [0.1, 0.15) is 28.9 Å². The Labute approximate surface area is 153 Å². The summed E-state index contributed by atoms with van der Waals surface area (Å²) in [6.45, 7) is 2.10. The molecule has 0 spiro atoms. The van der Waals surface area contributed by atoms with E-state index in [1.54, 1.807) is 0 Å². The molecule has 126 valence electrons. The number of aryl methyl sites for hydroxylation is 2. The van der Waals surface area contributed by atoms with Crippen molar-refractivity contribution < 1.29 is 0 Å². The van der Waals surface area contributed by atoms with Crippen molar-refractivity contribution in [3.63, 3.8) is 0 Å². The predicted octanol–water partition coefficient (Wildman–Crippen LogP) is 3.91. The van der Waals surface area contributed by atoms with Gasteiger partial charge in [-0.15, -0.1) is 0 Å². The Kier molecular flexibility index (Phi) is 4.01. The Morgan fingerprint density at radius 1 is 1.12 bits per heavy atom. The summed E-state index contributed by atoms with van der Waals surface area (Å²) in [7, 11) is 2.04. The zero-order chi connectivity index (χ0) is 17.4. The van der Waals surface area contributed by atoms with Crippen LogP contribution in [-0.2, 0) is 7.05 Å². The number of nitrogens with zero attached hydrogens (tertiary/aromatic N) is 3. The van der Waals surface area contributed by atoms with Crippen LogP contribution in [0.25, 0.3) is 0 Å². The number of pyridine rings is 1. The number of hydrogen-bond acceptors (Lipinski definition) is 2. The first kappa shape index (κ1) is 15.8. The van der Waals surface area contributed by atoms with Crippen molar-refractivity contribution in [3.8, 4) is 0 Å². The molecule has 3 aromatic rings. The minimum absolute atomic E-state index is 0.0108. The lowest BCUT2D eigenvalue weighted by molar-refractivity contribution is 0.567. The van der Waals surface area contributed by atoms with Gasteiger partial charge in [0.25, 0.3) is 0 Å². The van der Waals surface area contributed by atoms with Crippen LogP contribution in [0.15, 0.2) is 67.1 Å². The zero-order valence-corrected chi connectivity index (χ0v) is 15.1. The fourth-order valence-electron chi connectivity index (χ4n) is 3.45. The average molecular weight is 348 g/mol. The van der Waals surface area contributed by atoms with Gasteiger partial charge in [-0.05, 0) is 60.6 Å². The van der Waals surface area contributed by atoms with Gasteiger partial charge in [-0.1, -0.05) is 18.2 Å². The number of anilines is 1. The summed E-state index contributed by atoms with van der Waals surface area (Å²) in [5, 5.41) is 4.21. The van der Waals surface area contributed by atoms with Gasteiger partial charge >= 0.3 is 0 Å². The maximum Gasteiger partial charge on any atom is 0.174 e. The molecule has 4 rings (SSSR count). The minimum atomic E-state index is 0.0108. The van der Waals surface area contributed by atoms with Crippen molar-refractivity contribution in [1.82, 2.24) is 14.9 Å². The van der Waals surface area contributed by atoms with Crippen molar-refractivity contribution in [1.29, 1.82) is 0 Å². The maximum atomic E-state index is 5.71. The molecule has 5 heteroatoms. The van der Waals surface area contributed by atoms with E-state index in [0.29, 0.717) is 0 Å². The summed E-state index contributed by atoms with van der Waals surface area (Å²) >= 11 is 5.71. The standard InChI is InChI=1S/C20H20N4S/c1-14-6-5-7-16(12-14)24-19(15-9-11-23(2)13-15)18(22-20(24)25)17-8-3-4-10-21-17/h3-13,18-19H,1-2H3,(H,22,25)/t18-,19+/m0/s1. The third-order valence-electron chi connectivity index (χ3n) is 4.57. The van der Waals surface area contributed by atoms with Gasteiger partial charge in [-0.25, -0.2) is 0 Å². The second-order valence-electron chi connectivity index (χ2n) is 6.45. The number of thiocarbonyl (C=S) groups is 1. The molecule has 25 heavy (non-hydrogen) atoms. The molecule has 3 heterocycles. The lowest BCUT2D eigenvalue weighted by Gasteiger charge is -2.27. The molecular formula is C20H20N4S. The van der Waals surface area contributed by atoms with Crippen LogP contribution < -0.4 is 10.2 Å². The number of aromatic nitrogens is 2. The molecule has 1 N–H and O–H groups in total. The second kappa shape index (κ2) is 6.33. The minimum Gasteiger partial charge on any atom is -0.357 e. The van der Waals surface area contributed by atoms with Gasteiger partial charge in [0, 0.05) is 31.3 Å². The Morgan fingerprint density at radius 3 is 2.68 bits per heavy atom. The van der Waals surface area contributed by atoms with Gasteiger partial charge in [0.05, 0.1) is 17.8 Å². The Bertz CT molecular complexity index is 903. The van der Waals surface area contributed by atoms with Crippen LogP contribution in [-0.4, -0.2) is 14.7 Å². The largest absolute Gasteiger partial charge is 0.357 e. The highest BCUT2D eigenvalue weighted by atomic mass is 32.1. The van der Waals surface area contributed by atoms with E-state index < -0.39 is 0 Å². The Balaban J connectivity index is 1.83. The zero-order valence-electron chi connectivity index (χ0n) is 14.3. The molecule has 0 unspecified atom stereocenters. The summed E-state index contributed by atoms with van der Waals surface area (Å²) in [5.74, 6) is 0. The normalized spacial score (nSPS) is 19.9. The monoisotopic (exact) mass is 348 g/mol. The molecule has 1 aromatic carbocycles. The topological polar surface area (TPSA) is 33.1 Å². The highest BCUT2D eigenvalue weighted by Gasteiger charge is 2.40. The van der Waals surface area contributed by atoms with E-state index in [9.17, 15) is 0 Å². The SMILES string of the molecule is Cc1cccc(N2C(=S)N[C@@H](c3ccccn3)[C@H]2c2ccn(C)c2)c1. The first-order chi connectivity index (χ1) is 12.1. The van der Waals surface area contributed by atoms with Crippen molar-refractivity contribution in [3.05, 3.63) is 83.9 Å². The van der Waals surface area contributed by atoms with E-state index in [1.165, 1.54) is 11.1 Å². The number of rotatable bonds is 3. The van der Waals surface area contributed by atoms with Crippen molar-refractivity contribution in [2.75, 3.05) is 4.90 Å². The predicted molar refractivity (Wildman–Crippen MR) is 105 cm³/mol. The third-order valence-corrected chi connectivity index (χ3v) is 4.89. The summed E-state index contributed by atoms with van der Waals surface area (Å²) in [6.07, 6.45) is 6.05. The van der Waals surface area contributed by atoms with Crippen LogP contribution in [0.4, 0.5) is 5.69 Å². The molecule has 1 aliphatic rings. The van der Waals surface area contributed by atoms with E-state index in [0.717, 1.165) is 16.5 Å². The van der Waals surface area contributed by atoms with E-state index in [4.69, 9.17) is 12.2 Å². The van der Waals surface area contributed by atoms with Crippen LogP contribution in [0, 0.1) is 6.92 Å². The highest BCUT2D eigenvalue weighted by Crippen LogP contribution is 2.41. The average Bonchev–Trinajstić information content (AvgIpc) is 3.18. The van der Waals surface area contributed by atoms with E-state index >= 15 is 0 Å². The summed E-state index contributed by atoms with van der Waals surface area (Å²) in [4.78, 5) is 6.77. The van der Waals surface area contributed by atoms with Gasteiger partial charge in [-0.3, -0.25) is 4.98 Å². The highest BCUT2D eigenvalue weighted by molar-refractivity contribution is 7.80. The molecule has 2 atom stereocenters. The number of benzene rings is 1. The van der Waals surface area contributed by atoms with E-state index in [-0.39, 0.29) is 12.1 Å². The van der Waals surface area contributed by atoms with Crippen LogP contribution >= 0.6 is 12.2 Å². The first-order valence-electron chi connectivity index (χ1n) is 8.33. The van der Waals surface area contributed by atoms with Crippen LogP contribution in [0.5, 0.6) is 0 Å². The lowest BCUT2D eigenvalue weighted by atomic mass is 9.98. The molecule has 0 radical (unpaired) electrons. The Hall–Kier alpha value is -2.66. The quantitative estimate of drug-likeness (QED) is 0.728. The fraction of sp³-hybridized carbons (Fsp3) is 0.200. The van der Waals surface area contributed by atoms with Gasteiger partial charge in [0.1, 0.15) is 0 Å². The molecule has 1 aliphatic heterocycles. The molecule has 0 bridgehead atoms. The van der Waals surface area contributed by atoms with Gasteiger partial charge in [0.15, 0.2) is 5.11 Å². The smallest absolute Gasteiger partial charge is 0.174 e. The molecule has 0 saturated carbocycles. The molecular weight excluding hydrogens is 328 g/mol. The van der Waals surface area contributed by atoms with Crippen molar-refractivity contribution in [2.45, 2.75) is 19.0 Å². The number of nitrogens with one attached hydrogen (secondary N) is 1. The first-order valence-corrected chi connectivity index (χ1v) is 8.73. The molecule has 1 fully saturated rings. The van der Waals surface area contributed by atoms with Gasteiger partial charge in [0.2, 0.25) is 0 Å². The third kappa shape index (κ3) is 2.91. The van der Waals surface area contributed by atoms with Gasteiger partial charge < -0.3 is 14.8 Å². The van der Waals surface area contributed by atoms with Crippen molar-refractivity contribution in [2.24, 2.45) is 7.05 Å².